The van der Waals surface area contributed by atoms with Crippen molar-refractivity contribution in [1.82, 2.24) is 4.90 Å². The first-order valence-corrected chi connectivity index (χ1v) is 14.7. The molecule has 1 heterocycles. The average molecular weight is 552 g/mol. The molecule has 8 heteroatoms. The fourth-order valence-electron chi connectivity index (χ4n) is 5.90. The number of aliphatic hydroxyl groups is 1. The molecule has 2 saturated carbocycles. The highest BCUT2D eigenvalue weighted by Crippen LogP contribution is 2.32. The molecule has 1 aromatic carbocycles. The quantitative estimate of drug-likeness (QED) is 0.418. The van der Waals surface area contributed by atoms with Crippen LogP contribution in [0.5, 0.6) is 5.75 Å². The van der Waals surface area contributed by atoms with Crippen LogP contribution in [0.25, 0.3) is 5.57 Å². The number of carbonyl (C=O) groups excluding carboxylic acids is 2. The summed E-state index contributed by atoms with van der Waals surface area (Å²) in [6.07, 6.45) is 7.71. The van der Waals surface area contributed by atoms with Gasteiger partial charge in [0.2, 0.25) is 0 Å². The number of aliphatic hydroxyl groups excluding tert-OH is 1. The standard InChI is InChI=1S/C32H45N3O5/c1-21(2)24-10-14-30(22(3)17-24)40-26-12-8-23(9-13-26)7-11-25(37)18-34-29-6-4-5-28(29)31(33)32(38)35-15-16-39-27(19-35)20-36/h10,14,17,23,26-27,36H,1,4-9,11-13,15-16,18-20,33H2,2-3H3/t23?,26?,27-/m1/s1. The van der Waals surface area contributed by atoms with Crippen LogP contribution in [0, 0.1) is 12.8 Å². The van der Waals surface area contributed by atoms with Crippen LogP contribution < -0.4 is 10.5 Å². The number of hydrogen-bond acceptors (Lipinski definition) is 7. The molecule has 0 spiro atoms. The molecule has 0 radical (unpaired) electrons. The smallest absolute Gasteiger partial charge is 0.270 e. The molecule has 1 atom stereocenters. The zero-order chi connectivity index (χ0) is 28.6. The number of nitrogens with two attached hydrogens (primary N) is 1. The number of carbonyl (C=O) groups is 2. The van der Waals surface area contributed by atoms with E-state index in [1.54, 1.807) is 4.90 Å². The topological polar surface area (TPSA) is 114 Å². The number of morpholine rings is 1. The number of aliphatic imine (C=N–C) groups is 1. The molecule has 40 heavy (non-hydrogen) atoms. The SMILES string of the molecule is C=C(C)c1ccc(OC2CCC(CCC(=O)CN=C3CCCC3=C(N)C(=O)N3CCO[C@@H](CO)C3)CC2)c(C)c1. The lowest BCUT2D eigenvalue weighted by atomic mass is 9.84. The van der Waals surface area contributed by atoms with Gasteiger partial charge in [0.25, 0.3) is 5.91 Å². The van der Waals surface area contributed by atoms with Gasteiger partial charge in [-0.3, -0.25) is 14.6 Å². The second-order valence-electron chi connectivity index (χ2n) is 11.5. The Morgan fingerprint density at radius 1 is 1.23 bits per heavy atom. The maximum absolute atomic E-state index is 13.0. The van der Waals surface area contributed by atoms with E-state index in [4.69, 9.17) is 15.2 Å². The normalized spacial score (nSPS) is 25.6. The molecule has 1 saturated heterocycles. The molecule has 1 aliphatic heterocycles. The van der Waals surface area contributed by atoms with Crippen molar-refractivity contribution in [2.24, 2.45) is 16.6 Å². The van der Waals surface area contributed by atoms with Gasteiger partial charge in [0, 0.05) is 30.8 Å². The maximum Gasteiger partial charge on any atom is 0.270 e. The van der Waals surface area contributed by atoms with Gasteiger partial charge >= 0.3 is 0 Å². The number of hydrogen-bond donors (Lipinski definition) is 2. The Kier molecular flexibility index (Phi) is 10.6. The summed E-state index contributed by atoms with van der Waals surface area (Å²) in [6.45, 7) is 9.27. The fourth-order valence-corrected chi connectivity index (χ4v) is 5.90. The van der Waals surface area contributed by atoms with Crippen molar-refractivity contribution in [3.8, 4) is 5.75 Å². The van der Waals surface area contributed by atoms with E-state index in [0.717, 1.165) is 78.7 Å². The van der Waals surface area contributed by atoms with Crippen LogP contribution >= 0.6 is 0 Å². The van der Waals surface area contributed by atoms with Gasteiger partial charge in [-0.15, -0.1) is 0 Å². The highest BCUT2D eigenvalue weighted by Gasteiger charge is 2.29. The lowest BCUT2D eigenvalue weighted by molar-refractivity contribution is -0.136. The highest BCUT2D eigenvalue weighted by molar-refractivity contribution is 6.09. The first-order valence-electron chi connectivity index (χ1n) is 14.7. The van der Waals surface area contributed by atoms with Gasteiger partial charge in [-0.25, -0.2) is 0 Å². The number of Topliss-reactive ketones (excluding diaryl/α,β-unsaturated/α-hetero) is 1. The van der Waals surface area contributed by atoms with Crippen molar-refractivity contribution in [2.75, 3.05) is 32.8 Å². The van der Waals surface area contributed by atoms with Crippen LogP contribution in [-0.4, -0.2) is 72.5 Å². The third-order valence-corrected chi connectivity index (χ3v) is 8.41. The van der Waals surface area contributed by atoms with Crippen LogP contribution in [0.2, 0.25) is 0 Å². The lowest BCUT2D eigenvalue weighted by Crippen LogP contribution is -2.48. The van der Waals surface area contributed by atoms with E-state index < -0.39 is 0 Å². The number of ether oxygens (including phenoxy) is 2. The molecule has 0 aromatic heterocycles. The minimum absolute atomic E-state index is 0.130. The highest BCUT2D eigenvalue weighted by atomic mass is 16.5. The summed E-state index contributed by atoms with van der Waals surface area (Å²) in [4.78, 5) is 31.9. The molecule has 4 rings (SSSR count). The summed E-state index contributed by atoms with van der Waals surface area (Å²) < 4.78 is 11.8. The second-order valence-corrected chi connectivity index (χ2v) is 11.5. The predicted octanol–water partition coefficient (Wildman–Crippen LogP) is 4.37. The number of aryl methyl sites for hydroxylation is 1. The van der Waals surface area contributed by atoms with Gasteiger partial charge in [0.15, 0.2) is 5.78 Å². The number of rotatable bonds is 10. The average Bonchev–Trinajstić information content (AvgIpc) is 3.44. The van der Waals surface area contributed by atoms with Crippen molar-refractivity contribution in [1.29, 1.82) is 0 Å². The van der Waals surface area contributed by atoms with Crippen molar-refractivity contribution in [3.63, 3.8) is 0 Å². The van der Waals surface area contributed by atoms with Gasteiger partial charge in [0.05, 0.1) is 32.0 Å². The monoisotopic (exact) mass is 551 g/mol. The Bertz CT molecular complexity index is 1150. The lowest BCUT2D eigenvalue weighted by Gasteiger charge is -2.32. The Morgan fingerprint density at radius 3 is 2.70 bits per heavy atom. The van der Waals surface area contributed by atoms with Crippen molar-refractivity contribution >= 4 is 23.0 Å². The fraction of sp³-hybridized carbons (Fsp3) is 0.594. The maximum atomic E-state index is 13.0. The number of allylic oxidation sites excluding steroid dienone is 2. The van der Waals surface area contributed by atoms with Crippen molar-refractivity contribution in [2.45, 2.75) is 83.8 Å². The number of benzene rings is 1. The molecule has 8 nitrogen and oxygen atoms in total. The summed E-state index contributed by atoms with van der Waals surface area (Å²) in [5.41, 5.74) is 11.4. The number of nitrogens with zero attached hydrogens (tertiary/aromatic N) is 2. The molecule has 0 unspecified atom stereocenters. The zero-order valence-electron chi connectivity index (χ0n) is 24.1. The van der Waals surface area contributed by atoms with E-state index in [-0.39, 0.29) is 42.7 Å². The Balaban J connectivity index is 1.22. The van der Waals surface area contributed by atoms with Crippen LogP contribution in [-0.2, 0) is 14.3 Å². The summed E-state index contributed by atoms with van der Waals surface area (Å²) in [5, 5.41) is 9.36. The van der Waals surface area contributed by atoms with Crippen LogP contribution in [0.3, 0.4) is 0 Å². The molecule has 0 bridgehead atoms. The summed E-state index contributed by atoms with van der Waals surface area (Å²) in [6, 6.07) is 6.25. The second kappa shape index (κ2) is 14.1. The first kappa shape index (κ1) is 30.0. The molecule has 3 N–H and O–H groups in total. The van der Waals surface area contributed by atoms with E-state index in [2.05, 4.69) is 36.7 Å². The Morgan fingerprint density at radius 2 is 2.00 bits per heavy atom. The van der Waals surface area contributed by atoms with Crippen LogP contribution in [0.15, 0.2) is 41.0 Å². The molecule has 1 aromatic rings. The molecular formula is C32H45N3O5. The van der Waals surface area contributed by atoms with Gasteiger partial charge in [-0.2, -0.15) is 0 Å². The Labute approximate surface area is 238 Å². The molecule has 3 fully saturated rings. The zero-order valence-corrected chi connectivity index (χ0v) is 24.1. The summed E-state index contributed by atoms with van der Waals surface area (Å²) >= 11 is 0. The van der Waals surface area contributed by atoms with Crippen molar-refractivity contribution in [3.05, 3.63) is 47.2 Å². The number of ketones is 1. The molecule has 218 valence electrons. The Hall–Kier alpha value is -2.97. The van der Waals surface area contributed by atoms with E-state index >= 15 is 0 Å². The van der Waals surface area contributed by atoms with Gasteiger partial charge in [-0.1, -0.05) is 18.2 Å². The van der Waals surface area contributed by atoms with Crippen LogP contribution in [0.1, 0.15) is 75.8 Å². The van der Waals surface area contributed by atoms with Crippen LogP contribution in [0.4, 0.5) is 0 Å². The van der Waals surface area contributed by atoms with Gasteiger partial charge < -0.3 is 25.2 Å². The van der Waals surface area contributed by atoms with E-state index in [9.17, 15) is 14.7 Å². The molecule has 1 amide bonds. The van der Waals surface area contributed by atoms with E-state index in [1.807, 2.05) is 6.92 Å². The third kappa shape index (κ3) is 7.82. The largest absolute Gasteiger partial charge is 0.490 e. The summed E-state index contributed by atoms with van der Waals surface area (Å²) in [7, 11) is 0. The van der Waals surface area contributed by atoms with Gasteiger partial charge in [0.1, 0.15) is 11.4 Å². The minimum atomic E-state index is -0.379. The molecule has 3 aliphatic rings. The summed E-state index contributed by atoms with van der Waals surface area (Å²) in [5.74, 6) is 1.38. The molecule has 2 aliphatic carbocycles. The third-order valence-electron chi connectivity index (χ3n) is 8.41. The predicted molar refractivity (Wildman–Crippen MR) is 157 cm³/mol. The van der Waals surface area contributed by atoms with E-state index in [1.165, 1.54) is 0 Å². The molecular weight excluding hydrogens is 506 g/mol. The van der Waals surface area contributed by atoms with Gasteiger partial charge in [-0.05, 0) is 94.4 Å². The van der Waals surface area contributed by atoms with E-state index in [0.29, 0.717) is 38.5 Å². The first-order chi connectivity index (χ1) is 19.2. The number of amides is 1. The minimum Gasteiger partial charge on any atom is -0.490 e. The van der Waals surface area contributed by atoms with Crippen molar-refractivity contribution < 1.29 is 24.2 Å².